The van der Waals surface area contributed by atoms with E-state index in [1.54, 1.807) is 0 Å². The predicted molar refractivity (Wildman–Crippen MR) is 103 cm³/mol. The Morgan fingerprint density at radius 1 is 1.38 bits per heavy atom. The SMILES string of the molecule is CCC(CC)[C@H]1C[C@@H](NC(=O)Cc2csc(-c3ccc(C)o3)n2)CCO1. The number of hydrogen-bond donors (Lipinski definition) is 1. The van der Waals surface area contributed by atoms with Gasteiger partial charge < -0.3 is 14.5 Å². The van der Waals surface area contributed by atoms with Crippen LogP contribution in [0.3, 0.4) is 0 Å². The summed E-state index contributed by atoms with van der Waals surface area (Å²) >= 11 is 1.51. The molecule has 0 aromatic carbocycles. The molecule has 26 heavy (non-hydrogen) atoms. The minimum atomic E-state index is 0.0349. The number of aryl methyl sites for hydroxylation is 1. The van der Waals surface area contributed by atoms with E-state index in [1.165, 1.54) is 11.3 Å². The molecule has 142 valence electrons. The van der Waals surface area contributed by atoms with Crippen molar-refractivity contribution in [3.05, 3.63) is 29.0 Å². The van der Waals surface area contributed by atoms with Crippen LogP contribution in [0.1, 0.15) is 51.0 Å². The van der Waals surface area contributed by atoms with Crippen LogP contribution in [0.4, 0.5) is 0 Å². The van der Waals surface area contributed by atoms with Gasteiger partial charge in [-0.15, -0.1) is 11.3 Å². The van der Waals surface area contributed by atoms with Crippen molar-refractivity contribution in [3.63, 3.8) is 0 Å². The average molecular weight is 377 g/mol. The zero-order chi connectivity index (χ0) is 18.5. The molecule has 2 aromatic heterocycles. The summed E-state index contributed by atoms with van der Waals surface area (Å²) in [6, 6.07) is 4.04. The third-order valence-corrected chi connectivity index (χ3v) is 6.00. The van der Waals surface area contributed by atoms with Crippen LogP contribution in [0.2, 0.25) is 0 Å². The first-order chi connectivity index (χ1) is 12.6. The molecule has 6 heteroatoms. The number of carbonyl (C=O) groups excluding carboxylic acids is 1. The van der Waals surface area contributed by atoms with Crippen molar-refractivity contribution in [2.45, 2.75) is 65.0 Å². The van der Waals surface area contributed by atoms with Crippen molar-refractivity contribution in [1.29, 1.82) is 0 Å². The van der Waals surface area contributed by atoms with E-state index < -0.39 is 0 Å². The first-order valence-corrected chi connectivity index (χ1v) is 10.4. The molecule has 2 aromatic rings. The van der Waals surface area contributed by atoms with Crippen LogP contribution < -0.4 is 5.32 Å². The van der Waals surface area contributed by atoms with Crippen molar-refractivity contribution in [1.82, 2.24) is 10.3 Å². The summed E-state index contributed by atoms with van der Waals surface area (Å²) in [5.74, 6) is 2.23. The second-order valence-corrected chi connectivity index (χ2v) is 7.86. The molecule has 1 aliphatic rings. The Morgan fingerprint density at radius 2 is 2.19 bits per heavy atom. The van der Waals surface area contributed by atoms with Gasteiger partial charge in [0.25, 0.3) is 0 Å². The number of hydrogen-bond acceptors (Lipinski definition) is 5. The number of aromatic nitrogens is 1. The molecule has 0 unspecified atom stereocenters. The summed E-state index contributed by atoms with van der Waals surface area (Å²) in [6.45, 7) is 7.05. The van der Waals surface area contributed by atoms with E-state index in [4.69, 9.17) is 9.15 Å². The molecule has 0 bridgehead atoms. The summed E-state index contributed by atoms with van der Waals surface area (Å²) in [7, 11) is 0. The lowest BCUT2D eigenvalue weighted by molar-refractivity contribution is -0.122. The minimum absolute atomic E-state index is 0.0349. The van der Waals surface area contributed by atoms with Gasteiger partial charge >= 0.3 is 0 Å². The van der Waals surface area contributed by atoms with Crippen LogP contribution in [0.15, 0.2) is 21.9 Å². The van der Waals surface area contributed by atoms with Crippen LogP contribution in [0.5, 0.6) is 0 Å². The van der Waals surface area contributed by atoms with Gasteiger partial charge in [-0.25, -0.2) is 4.98 Å². The second-order valence-electron chi connectivity index (χ2n) is 7.01. The highest BCUT2D eigenvalue weighted by atomic mass is 32.1. The van der Waals surface area contributed by atoms with Gasteiger partial charge in [0.1, 0.15) is 5.76 Å². The standard InChI is InChI=1S/C20H28N2O3S/c1-4-14(5-2)18-10-15(8-9-24-18)21-19(23)11-16-12-26-20(22-16)17-7-6-13(3)25-17/h6-7,12,14-15,18H,4-5,8-11H2,1-3H3,(H,21,23)/t15-,18+/m0/s1. The van der Waals surface area contributed by atoms with E-state index in [1.807, 2.05) is 24.4 Å². The summed E-state index contributed by atoms with van der Waals surface area (Å²) in [6.07, 6.45) is 4.61. The number of amides is 1. The molecule has 2 atom stereocenters. The summed E-state index contributed by atoms with van der Waals surface area (Å²) < 4.78 is 11.5. The smallest absolute Gasteiger partial charge is 0.226 e. The molecule has 3 rings (SSSR count). The van der Waals surface area contributed by atoms with Crippen LogP contribution in [0.25, 0.3) is 10.8 Å². The Balaban J connectivity index is 1.53. The van der Waals surface area contributed by atoms with E-state index >= 15 is 0 Å². The van der Waals surface area contributed by atoms with Crippen LogP contribution in [0, 0.1) is 12.8 Å². The van der Waals surface area contributed by atoms with Crippen LogP contribution in [-0.2, 0) is 16.0 Å². The Bertz CT molecular complexity index is 720. The first-order valence-electron chi connectivity index (χ1n) is 9.51. The molecule has 1 saturated heterocycles. The molecule has 1 amide bonds. The molecule has 3 heterocycles. The fraction of sp³-hybridized carbons (Fsp3) is 0.600. The zero-order valence-electron chi connectivity index (χ0n) is 15.8. The molecular weight excluding hydrogens is 348 g/mol. The topological polar surface area (TPSA) is 64.4 Å². The van der Waals surface area contributed by atoms with Gasteiger partial charge in [0.2, 0.25) is 5.91 Å². The van der Waals surface area contributed by atoms with E-state index in [0.29, 0.717) is 12.3 Å². The van der Waals surface area contributed by atoms with Gasteiger partial charge in [-0.3, -0.25) is 4.79 Å². The van der Waals surface area contributed by atoms with Crippen molar-refractivity contribution in [3.8, 4) is 10.8 Å². The molecule has 1 N–H and O–H groups in total. The molecule has 0 spiro atoms. The van der Waals surface area contributed by atoms with Crippen molar-refractivity contribution < 1.29 is 13.9 Å². The minimum Gasteiger partial charge on any atom is -0.459 e. The maximum absolute atomic E-state index is 12.4. The number of furan rings is 1. The Labute approximate surface area is 159 Å². The van der Waals surface area contributed by atoms with Gasteiger partial charge in [0.05, 0.1) is 18.2 Å². The number of carbonyl (C=O) groups is 1. The monoisotopic (exact) mass is 376 g/mol. The maximum Gasteiger partial charge on any atom is 0.226 e. The molecule has 5 nitrogen and oxygen atoms in total. The Morgan fingerprint density at radius 3 is 2.88 bits per heavy atom. The number of nitrogens with one attached hydrogen (secondary N) is 1. The number of nitrogens with zero attached hydrogens (tertiary/aromatic N) is 1. The molecule has 0 radical (unpaired) electrons. The Kier molecular flexibility index (Phi) is 6.48. The quantitative estimate of drug-likeness (QED) is 0.780. The van der Waals surface area contributed by atoms with Gasteiger partial charge in [0, 0.05) is 18.0 Å². The fourth-order valence-corrected chi connectivity index (χ4v) is 4.38. The third kappa shape index (κ3) is 4.74. The maximum atomic E-state index is 12.4. The normalized spacial score (nSPS) is 20.5. The number of thiazole rings is 1. The van der Waals surface area contributed by atoms with E-state index in [9.17, 15) is 4.79 Å². The largest absolute Gasteiger partial charge is 0.459 e. The molecular formula is C20H28N2O3S. The van der Waals surface area contributed by atoms with E-state index in [2.05, 4.69) is 24.1 Å². The van der Waals surface area contributed by atoms with Crippen molar-refractivity contribution >= 4 is 17.2 Å². The highest BCUT2D eigenvalue weighted by Crippen LogP contribution is 2.27. The van der Waals surface area contributed by atoms with Crippen molar-refractivity contribution in [2.24, 2.45) is 5.92 Å². The lowest BCUT2D eigenvalue weighted by atomic mass is 9.89. The molecule has 0 saturated carbocycles. The lowest BCUT2D eigenvalue weighted by Gasteiger charge is -2.34. The second kappa shape index (κ2) is 8.82. The fourth-order valence-electron chi connectivity index (χ4n) is 3.60. The van der Waals surface area contributed by atoms with E-state index in [-0.39, 0.29) is 18.1 Å². The lowest BCUT2D eigenvalue weighted by Crippen LogP contribution is -2.44. The van der Waals surface area contributed by atoms with Gasteiger partial charge in [-0.2, -0.15) is 0 Å². The highest BCUT2D eigenvalue weighted by Gasteiger charge is 2.28. The molecule has 1 aliphatic heterocycles. The summed E-state index contributed by atoms with van der Waals surface area (Å²) in [5, 5.41) is 5.93. The average Bonchev–Trinajstić information content (AvgIpc) is 3.25. The van der Waals surface area contributed by atoms with E-state index in [0.717, 1.165) is 54.5 Å². The van der Waals surface area contributed by atoms with Crippen LogP contribution in [-0.4, -0.2) is 29.6 Å². The number of ether oxygens (including phenoxy) is 1. The van der Waals surface area contributed by atoms with Crippen molar-refractivity contribution in [2.75, 3.05) is 6.61 Å². The van der Waals surface area contributed by atoms with Gasteiger partial charge in [-0.1, -0.05) is 26.7 Å². The Hall–Kier alpha value is -1.66. The summed E-state index contributed by atoms with van der Waals surface area (Å²) in [4.78, 5) is 17.0. The van der Waals surface area contributed by atoms with Crippen LogP contribution >= 0.6 is 11.3 Å². The van der Waals surface area contributed by atoms with Gasteiger partial charge in [0.15, 0.2) is 10.8 Å². The predicted octanol–water partition coefficient (Wildman–Crippen LogP) is 4.35. The third-order valence-electron chi connectivity index (χ3n) is 5.10. The zero-order valence-corrected chi connectivity index (χ0v) is 16.6. The molecule has 0 aliphatic carbocycles. The van der Waals surface area contributed by atoms with Gasteiger partial charge in [-0.05, 0) is 37.8 Å². The first kappa shape index (κ1) is 19.1. The highest BCUT2D eigenvalue weighted by molar-refractivity contribution is 7.13. The molecule has 1 fully saturated rings. The number of rotatable bonds is 7. The summed E-state index contributed by atoms with van der Waals surface area (Å²) in [5.41, 5.74) is 0.792.